The third kappa shape index (κ3) is 6.18. The molecule has 0 saturated heterocycles. The second kappa shape index (κ2) is 10.3. The lowest BCUT2D eigenvalue weighted by Crippen LogP contribution is -2.43. The van der Waals surface area contributed by atoms with E-state index >= 15 is 0 Å². The normalized spacial score (nSPS) is 12.7. The lowest BCUT2D eigenvalue weighted by atomic mass is 10.0. The molecule has 2 atom stereocenters. The minimum Gasteiger partial charge on any atom is -0.454 e. The van der Waals surface area contributed by atoms with Gasteiger partial charge in [-0.25, -0.2) is 4.79 Å². The summed E-state index contributed by atoms with van der Waals surface area (Å²) < 4.78 is 6.15. The Bertz CT molecular complexity index is 1080. The maximum Gasteiger partial charge on any atom is 0.329 e. The van der Waals surface area contributed by atoms with Crippen LogP contribution in [0.25, 0.3) is 10.9 Å². The van der Waals surface area contributed by atoms with Gasteiger partial charge < -0.3 is 20.4 Å². The molecule has 7 nitrogen and oxygen atoms in total. The summed E-state index contributed by atoms with van der Waals surface area (Å²) in [6, 6.07) is 14.1. The van der Waals surface area contributed by atoms with E-state index in [1.54, 1.807) is 6.20 Å². The van der Waals surface area contributed by atoms with Crippen molar-refractivity contribution in [2.75, 3.05) is 6.61 Å². The zero-order valence-electron chi connectivity index (χ0n) is 17.3. The zero-order valence-corrected chi connectivity index (χ0v) is 18.9. The van der Waals surface area contributed by atoms with Gasteiger partial charge in [-0.3, -0.25) is 9.59 Å². The van der Waals surface area contributed by atoms with E-state index in [1.807, 2.05) is 55.5 Å². The maximum absolute atomic E-state index is 12.6. The van der Waals surface area contributed by atoms with Crippen molar-refractivity contribution in [2.24, 2.45) is 0 Å². The number of amides is 2. The average Bonchev–Trinajstić information content (AvgIpc) is 3.14. The van der Waals surface area contributed by atoms with Gasteiger partial charge in [0.05, 0.1) is 6.04 Å². The number of hydrogen-bond donors (Lipinski definition) is 3. The fourth-order valence-corrected chi connectivity index (χ4v) is 3.58. The quantitative estimate of drug-likeness (QED) is 0.425. The first-order valence-corrected chi connectivity index (χ1v) is 10.7. The van der Waals surface area contributed by atoms with Crippen LogP contribution < -0.4 is 10.6 Å². The summed E-state index contributed by atoms with van der Waals surface area (Å²) in [6.07, 6.45) is 2.05. The van der Waals surface area contributed by atoms with Crippen LogP contribution in [0.3, 0.4) is 0 Å². The van der Waals surface area contributed by atoms with Crippen molar-refractivity contribution in [3.05, 3.63) is 70.3 Å². The number of nitrogens with one attached hydrogen (secondary N) is 3. The second-order valence-corrected chi connectivity index (χ2v) is 8.18. The Morgan fingerprint density at radius 1 is 1.06 bits per heavy atom. The van der Waals surface area contributed by atoms with Gasteiger partial charge in [0.1, 0.15) is 6.04 Å². The molecule has 2 amide bonds. The van der Waals surface area contributed by atoms with Crippen molar-refractivity contribution in [1.82, 2.24) is 15.6 Å². The third-order valence-electron chi connectivity index (χ3n) is 4.85. The molecular weight excluding hydrogens is 462 g/mol. The Balaban J connectivity index is 1.59. The van der Waals surface area contributed by atoms with Crippen LogP contribution in [0.1, 0.15) is 31.0 Å². The van der Waals surface area contributed by atoms with E-state index < -0.39 is 24.5 Å². The summed E-state index contributed by atoms with van der Waals surface area (Å²) in [6.45, 7) is 2.76. The second-order valence-electron chi connectivity index (χ2n) is 7.27. The topological polar surface area (TPSA) is 100 Å². The van der Waals surface area contributed by atoms with Crippen molar-refractivity contribution in [3.8, 4) is 0 Å². The van der Waals surface area contributed by atoms with E-state index in [9.17, 15) is 14.4 Å². The molecule has 0 bridgehead atoms. The van der Waals surface area contributed by atoms with Crippen molar-refractivity contribution in [1.29, 1.82) is 0 Å². The molecule has 0 aliphatic heterocycles. The summed E-state index contributed by atoms with van der Waals surface area (Å²) in [5, 5.41) is 6.38. The number of H-pyrrole nitrogens is 1. The highest BCUT2D eigenvalue weighted by molar-refractivity contribution is 9.10. The van der Waals surface area contributed by atoms with Gasteiger partial charge in [0.25, 0.3) is 5.91 Å². The summed E-state index contributed by atoms with van der Waals surface area (Å²) in [7, 11) is 0. The molecule has 0 radical (unpaired) electrons. The summed E-state index contributed by atoms with van der Waals surface area (Å²) in [4.78, 5) is 39.6. The molecule has 8 heteroatoms. The molecular formula is C23H24BrN3O4. The van der Waals surface area contributed by atoms with Crippen molar-refractivity contribution in [2.45, 2.75) is 32.4 Å². The van der Waals surface area contributed by atoms with Crippen LogP contribution in [0.4, 0.5) is 0 Å². The third-order valence-corrected chi connectivity index (χ3v) is 5.38. The molecule has 31 heavy (non-hydrogen) atoms. The first-order chi connectivity index (χ1) is 14.8. The first-order valence-electron chi connectivity index (χ1n) is 9.87. The molecule has 2 unspecified atom stereocenters. The summed E-state index contributed by atoms with van der Waals surface area (Å²) >= 11 is 3.37. The molecule has 1 aromatic heterocycles. The number of hydrogen-bond acceptors (Lipinski definition) is 4. The minimum absolute atomic E-state index is 0.239. The van der Waals surface area contributed by atoms with Crippen LogP contribution in [0, 0.1) is 0 Å². The number of rotatable bonds is 8. The molecule has 3 rings (SSSR count). The number of aromatic nitrogens is 1. The number of benzene rings is 2. The zero-order chi connectivity index (χ0) is 22.4. The standard InChI is InChI=1S/C23H24BrN3O4/c1-14(16-7-9-18(24)10-8-16)26-22(29)13-31-23(30)21(27-15(2)28)11-17-12-25-20-6-4-3-5-19(17)20/h3-10,12,14,21,25H,11,13H2,1-2H3,(H,26,29)(H,27,28). The predicted molar refractivity (Wildman–Crippen MR) is 121 cm³/mol. The number of fused-ring (bicyclic) bond motifs is 1. The number of ether oxygens (including phenoxy) is 1. The molecule has 1 heterocycles. The summed E-state index contributed by atoms with van der Waals surface area (Å²) in [5.74, 6) is -1.43. The van der Waals surface area contributed by atoms with Crippen molar-refractivity contribution < 1.29 is 19.1 Å². The van der Waals surface area contributed by atoms with Crippen LogP contribution >= 0.6 is 15.9 Å². The van der Waals surface area contributed by atoms with Crippen LogP contribution in [-0.2, 0) is 25.5 Å². The van der Waals surface area contributed by atoms with Gasteiger partial charge in [-0.1, -0.05) is 46.3 Å². The highest BCUT2D eigenvalue weighted by atomic mass is 79.9. The lowest BCUT2D eigenvalue weighted by molar-refractivity contribution is -0.151. The van der Waals surface area contributed by atoms with E-state index in [1.165, 1.54) is 6.92 Å². The van der Waals surface area contributed by atoms with Crippen LogP contribution in [-0.4, -0.2) is 35.4 Å². The van der Waals surface area contributed by atoms with Gasteiger partial charge in [-0.05, 0) is 36.2 Å². The molecule has 3 aromatic rings. The van der Waals surface area contributed by atoms with Gasteiger partial charge in [0, 0.05) is 34.9 Å². The van der Waals surface area contributed by atoms with E-state index in [0.717, 1.165) is 26.5 Å². The fourth-order valence-electron chi connectivity index (χ4n) is 3.31. The van der Waals surface area contributed by atoms with Crippen LogP contribution in [0.2, 0.25) is 0 Å². The predicted octanol–water partition coefficient (Wildman–Crippen LogP) is 3.40. The lowest BCUT2D eigenvalue weighted by Gasteiger charge is -2.18. The summed E-state index contributed by atoms with van der Waals surface area (Å²) in [5.41, 5.74) is 2.74. The fraction of sp³-hybridized carbons (Fsp3) is 0.261. The maximum atomic E-state index is 12.6. The van der Waals surface area contributed by atoms with Gasteiger partial charge in [-0.15, -0.1) is 0 Å². The highest BCUT2D eigenvalue weighted by Crippen LogP contribution is 2.20. The van der Waals surface area contributed by atoms with Gasteiger partial charge in [0.15, 0.2) is 6.61 Å². The SMILES string of the molecule is CC(=O)NC(Cc1c[nH]c2ccccc12)C(=O)OCC(=O)NC(C)c1ccc(Br)cc1. The van der Waals surface area contributed by atoms with Crippen LogP contribution in [0.15, 0.2) is 59.2 Å². The molecule has 0 fully saturated rings. The van der Waals surface area contributed by atoms with Crippen LogP contribution in [0.5, 0.6) is 0 Å². The van der Waals surface area contributed by atoms with Gasteiger partial charge in [0.2, 0.25) is 5.91 Å². The van der Waals surface area contributed by atoms with E-state index in [-0.39, 0.29) is 18.4 Å². The van der Waals surface area contributed by atoms with E-state index in [4.69, 9.17) is 4.74 Å². The number of aromatic amines is 1. The Labute approximate surface area is 188 Å². The Kier molecular flexibility index (Phi) is 7.46. The molecule has 162 valence electrons. The monoisotopic (exact) mass is 485 g/mol. The molecule has 3 N–H and O–H groups in total. The van der Waals surface area contributed by atoms with E-state index in [2.05, 4.69) is 31.5 Å². The Hall–Kier alpha value is -3.13. The molecule has 0 aliphatic carbocycles. The number of carbonyl (C=O) groups is 3. The van der Waals surface area contributed by atoms with Crippen molar-refractivity contribution in [3.63, 3.8) is 0 Å². The Morgan fingerprint density at radius 2 is 1.77 bits per heavy atom. The number of carbonyl (C=O) groups excluding carboxylic acids is 3. The minimum atomic E-state index is -0.895. The number of para-hydroxylation sites is 1. The highest BCUT2D eigenvalue weighted by Gasteiger charge is 2.24. The molecule has 0 spiro atoms. The molecule has 0 saturated carbocycles. The Morgan fingerprint density at radius 3 is 2.48 bits per heavy atom. The van der Waals surface area contributed by atoms with Crippen molar-refractivity contribution >= 4 is 44.6 Å². The largest absolute Gasteiger partial charge is 0.454 e. The smallest absolute Gasteiger partial charge is 0.329 e. The van der Waals surface area contributed by atoms with E-state index in [0.29, 0.717) is 0 Å². The van der Waals surface area contributed by atoms with Gasteiger partial charge in [-0.2, -0.15) is 0 Å². The van der Waals surface area contributed by atoms with Gasteiger partial charge >= 0.3 is 5.97 Å². The number of esters is 1. The molecule has 2 aromatic carbocycles. The molecule has 0 aliphatic rings. The average molecular weight is 486 g/mol. The number of halogens is 1. The first kappa shape index (κ1) is 22.6.